The molecule has 18 heavy (non-hydrogen) atoms. The van der Waals surface area contributed by atoms with E-state index in [1.54, 1.807) is 25.1 Å². The van der Waals surface area contributed by atoms with E-state index in [1.807, 2.05) is 0 Å². The lowest BCUT2D eigenvalue weighted by Gasteiger charge is -2.13. The highest BCUT2D eigenvalue weighted by Crippen LogP contribution is 2.29. The van der Waals surface area contributed by atoms with Gasteiger partial charge in [0.25, 0.3) is 0 Å². The highest BCUT2D eigenvalue weighted by molar-refractivity contribution is 5.94. The van der Waals surface area contributed by atoms with Crippen molar-refractivity contribution < 1.29 is 14.3 Å². The average Bonchev–Trinajstić information content (AvgIpc) is 2.37. The summed E-state index contributed by atoms with van der Waals surface area (Å²) in [6, 6.07) is 3.24. The van der Waals surface area contributed by atoms with Gasteiger partial charge in [-0.3, -0.25) is 0 Å². The first kappa shape index (κ1) is 13.8. The summed E-state index contributed by atoms with van der Waals surface area (Å²) < 4.78 is 10.5. The van der Waals surface area contributed by atoms with Crippen molar-refractivity contribution in [3.8, 4) is 5.75 Å². The van der Waals surface area contributed by atoms with Crippen LogP contribution in [-0.4, -0.2) is 19.2 Å². The number of carbonyl (C=O) groups is 1. The molecule has 0 atom stereocenters. The van der Waals surface area contributed by atoms with Gasteiger partial charge in [-0.15, -0.1) is 0 Å². The van der Waals surface area contributed by atoms with Crippen LogP contribution in [0.15, 0.2) is 37.4 Å². The number of rotatable bonds is 6. The van der Waals surface area contributed by atoms with Crippen LogP contribution in [0, 0.1) is 6.92 Å². The van der Waals surface area contributed by atoms with Crippen molar-refractivity contribution in [1.82, 2.24) is 0 Å². The minimum absolute atomic E-state index is 0.156. The molecule has 0 heterocycles. The number of nitrogen functional groups attached to an aromatic ring is 1. The Morgan fingerprint density at radius 3 is 2.61 bits per heavy atom. The number of benzene rings is 1. The van der Waals surface area contributed by atoms with Crippen molar-refractivity contribution in [3.63, 3.8) is 0 Å². The van der Waals surface area contributed by atoms with Gasteiger partial charge >= 0.3 is 5.97 Å². The van der Waals surface area contributed by atoms with Gasteiger partial charge in [0, 0.05) is 11.3 Å². The monoisotopic (exact) mass is 247 g/mol. The first-order valence-electron chi connectivity index (χ1n) is 5.52. The first-order valence-corrected chi connectivity index (χ1v) is 5.52. The fourth-order valence-electron chi connectivity index (χ4n) is 1.41. The van der Waals surface area contributed by atoms with Crippen LogP contribution in [0.3, 0.4) is 0 Å². The Balaban J connectivity index is 3.08. The van der Waals surface area contributed by atoms with Crippen molar-refractivity contribution >= 4 is 11.7 Å². The maximum atomic E-state index is 11.8. The fraction of sp³-hybridized carbons (Fsp3) is 0.214. The summed E-state index contributed by atoms with van der Waals surface area (Å²) in [5.41, 5.74) is 7.42. The van der Waals surface area contributed by atoms with Crippen molar-refractivity contribution in [1.29, 1.82) is 0 Å². The molecule has 0 bridgehead atoms. The van der Waals surface area contributed by atoms with Gasteiger partial charge in [-0.25, -0.2) is 4.79 Å². The third-order valence-electron chi connectivity index (χ3n) is 2.35. The predicted molar refractivity (Wildman–Crippen MR) is 71.8 cm³/mol. The van der Waals surface area contributed by atoms with Crippen LogP contribution in [0.4, 0.5) is 5.69 Å². The number of nitrogens with two attached hydrogens (primary N) is 1. The Morgan fingerprint density at radius 1 is 1.33 bits per heavy atom. The van der Waals surface area contributed by atoms with Crippen LogP contribution in [0.25, 0.3) is 0 Å². The second-order valence-electron chi connectivity index (χ2n) is 3.64. The zero-order valence-corrected chi connectivity index (χ0v) is 10.4. The second kappa shape index (κ2) is 6.49. The SMILES string of the molecule is C=CCOC(=O)c1ccc(N)c(C)c1OCC=C. The number of ether oxygens (including phenoxy) is 2. The molecule has 0 aliphatic heterocycles. The maximum absolute atomic E-state index is 11.8. The van der Waals surface area contributed by atoms with Crippen LogP contribution in [-0.2, 0) is 4.74 Å². The largest absolute Gasteiger partial charge is 0.488 e. The number of hydrogen-bond acceptors (Lipinski definition) is 4. The minimum atomic E-state index is -0.461. The maximum Gasteiger partial charge on any atom is 0.342 e. The van der Waals surface area contributed by atoms with Crippen molar-refractivity contribution in [3.05, 3.63) is 48.6 Å². The topological polar surface area (TPSA) is 61.5 Å². The average molecular weight is 247 g/mol. The molecular weight excluding hydrogens is 230 g/mol. The number of hydrogen-bond donors (Lipinski definition) is 1. The van der Waals surface area contributed by atoms with Gasteiger partial charge in [-0.1, -0.05) is 25.3 Å². The van der Waals surface area contributed by atoms with Crippen LogP contribution >= 0.6 is 0 Å². The highest BCUT2D eigenvalue weighted by Gasteiger charge is 2.17. The van der Waals surface area contributed by atoms with Crippen molar-refractivity contribution in [2.75, 3.05) is 18.9 Å². The van der Waals surface area contributed by atoms with Gasteiger partial charge in [-0.05, 0) is 19.1 Å². The van der Waals surface area contributed by atoms with Gasteiger partial charge < -0.3 is 15.2 Å². The van der Waals surface area contributed by atoms with E-state index in [1.165, 1.54) is 6.08 Å². The van der Waals surface area contributed by atoms with E-state index in [4.69, 9.17) is 15.2 Å². The van der Waals surface area contributed by atoms with Gasteiger partial charge in [0.2, 0.25) is 0 Å². The van der Waals surface area contributed by atoms with E-state index >= 15 is 0 Å². The fourth-order valence-corrected chi connectivity index (χ4v) is 1.41. The Labute approximate surface area is 107 Å². The normalized spacial score (nSPS) is 9.61. The Morgan fingerprint density at radius 2 is 2.00 bits per heavy atom. The van der Waals surface area contributed by atoms with Gasteiger partial charge in [0.15, 0.2) is 0 Å². The molecule has 4 nitrogen and oxygen atoms in total. The van der Waals surface area contributed by atoms with E-state index in [2.05, 4.69) is 13.2 Å². The Hall–Kier alpha value is -2.23. The lowest BCUT2D eigenvalue weighted by atomic mass is 10.1. The summed E-state index contributed by atoms with van der Waals surface area (Å²) in [5, 5.41) is 0. The molecule has 4 heteroatoms. The third-order valence-corrected chi connectivity index (χ3v) is 2.35. The second-order valence-corrected chi connectivity index (χ2v) is 3.64. The molecule has 0 fully saturated rings. The lowest BCUT2D eigenvalue weighted by Crippen LogP contribution is -2.10. The standard InChI is InChI=1S/C14H17NO3/c1-4-8-17-13-10(3)12(15)7-6-11(13)14(16)18-9-5-2/h4-7H,1-2,8-9,15H2,3H3. The molecular formula is C14H17NO3. The molecule has 0 unspecified atom stereocenters. The van der Waals surface area contributed by atoms with Crippen LogP contribution < -0.4 is 10.5 Å². The molecule has 0 aliphatic carbocycles. The third kappa shape index (κ3) is 3.13. The van der Waals surface area contributed by atoms with Gasteiger partial charge in [0.05, 0.1) is 0 Å². The summed E-state index contributed by atoms with van der Waals surface area (Å²) in [6.45, 7) is 9.30. The van der Waals surface area contributed by atoms with Gasteiger partial charge in [0.1, 0.15) is 24.5 Å². The molecule has 2 N–H and O–H groups in total. The number of carbonyl (C=O) groups excluding carboxylic acids is 1. The summed E-state index contributed by atoms with van der Waals surface area (Å²) in [6.07, 6.45) is 3.10. The smallest absolute Gasteiger partial charge is 0.342 e. The number of anilines is 1. The zero-order valence-electron chi connectivity index (χ0n) is 10.4. The number of esters is 1. The van der Waals surface area contributed by atoms with Crippen molar-refractivity contribution in [2.45, 2.75) is 6.92 Å². The van der Waals surface area contributed by atoms with E-state index in [-0.39, 0.29) is 6.61 Å². The molecule has 96 valence electrons. The predicted octanol–water partition coefficient (Wildman–Crippen LogP) is 2.48. The lowest BCUT2D eigenvalue weighted by molar-refractivity contribution is 0.0545. The highest BCUT2D eigenvalue weighted by atomic mass is 16.5. The molecule has 0 aliphatic rings. The van der Waals surface area contributed by atoms with Crippen LogP contribution in [0.2, 0.25) is 0 Å². The van der Waals surface area contributed by atoms with E-state index in [0.29, 0.717) is 29.2 Å². The van der Waals surface area contributed by atoms with Crippen molar-refractivity contribution in [2.24, 2.45) is 0 Å². The molecule has 0 saturated heterocycles. The van der Waals surface area contributed by atoms with E-state index < -0.39 is 5.97 Å². The van der Waals surface area contributed by atoms with Gasteiger partial charge in [-0.2, -0.15) is 0 Å². The van der Waals surface area contributed by atoms with Crippen LogP contribution in [0.1, 0.15) is 15.9 Å². The summed E-state index contributed by atoms with van der Waals surface area (Å²) in [4.78, 5) is 11.8. The van der Waals surface area contributed by atoms with E-state index in [9.17, 15) is 4.79 Å². The van der Waals surface area contributed by atoms with E-state index in [0.717, 1.165) is 0 Å². The summed E-state index contributed by atoms with van der Waals surface area (Å²) >= 11 is 0. The molecule has 0 spiro atoms. The molecule has 0 saturated carbocycles. The molecule has 1 rings (SSSR count). The minimum Gasteiger partial charge on any atom is -0.488 e. The Bertz CT molecular complexity index is 466. The van der Waals surface area contributed by atoms with Crippen LogP contribution in [0.5, 0.6) is 5.75 Å². The molecule has 0 radical (unpaired) electrons. The molecule has 0 aromatic heterocycles. The zero-order chi connectivity index (χ0) is 13.5. The molecule has 0 amide bonds. The summed E-state index contributed by atoms with van der Waals surface area (Å²) in [7, 11) is 0. The Kier molecular flexibility index (Phi) is 4.99. The summed E-state index contributed by atoms with van der Waals surface area (Å²) in [5.74, 6) is -0.0268. The molecule has 1 aromatic rings. The molecule has 1 aromatic carbocycles. The quantitative estimate of drug-likeness (QED) is 0.476. The first-order chi connectivity index (χ1) is 8.61.